The van der Waals surface area contributed by atoms with Crippen LogP contribution < -0.4 is 0 Å². The third kappa shape index (κ3) is 3.92. The molecule has 0 spiro atoms. The minimum absolute atomic E-state index is 0.176. The van der Waals surface area contributed by atoms with Crippen LogP contribution in [0.3, 0.4) is 0 Å². The summed E-state index contributed by atoms with van der Waals surface area (Å²) in [7, 11) is 0. The average Bonchev–Trinajstić information content (AvgIpc) is 2.46. The van der Waals surface area contributed by atoms with Crippen LogP contribution in [0.25, 0.3) is 0 Å². The zero-order valence-electron chi connectivity index (χ0n) is 11.9. The van der Waals surface area contributed by atoms with Gasteiger partial charge in [0.25, 0.3) is 0 Å². The minimum Gasteiger partial charge on any atom is -0.365 e. The van der Waals surface area contributed by atoms with E-state index in [0.29, 0.717) is 6.42 Å². The van der Waals surface area contributed by atoms with Crippen LogP contribution in [0.1, 0.15) is 24.5 Å². The van der Waals surface area contributed by atoms with Crippen LogP contribution in [0.2, 0.25) is 0 Å². The highest BCUT2D eigenvalue weighted by Gasteiger charge is 2.33. The number of hydrogen-bond acceptors (Lipinski definition) is 2. The van der Waals surface area contributed by atoms with E-state index in [9.17, 15) is 10.2 Å². The molecule has 2 N–H and O–H groups in total. The molecule has 0 aliphatic rings. The van der Waals surface area contributed by atoms with Crippen LogP contribution in [0.5, 0.6) is 0 Å². The molecule has 2 nitrogen and oxygen atoms in total. The molecule has 1 atom stereocenters. The van der Waals surface area contributed by atoms with Gasteiger partial charge in [-0.3, -0.25) is 0 Å². The number of rotatable bonds is 6. The van der Waals surface area contributed by atoms with Gasteiger partial charge in [-0.2, -0.15) is 0 Å². The van der Waals surface area contributed by atoms with Gasteiger partial charge in [0.05, 0.1) is 0 Å². The van der Waals surface area contributed by atoms with Crippen LogP contribution in [-0.4, -0.2) is 16.0 Å². The summed E-state index contributed by atoms with van der Waals surface area (Å²) in [5, 5.41) is 20.9. The summed E-state index contributed by atoms with van der Waals surface area (Å²) in [5.74, 6) is -1.85. The lowest BCUT2D eigenvalue weighted by Crippen LogP contribution is -2.41. The van der Waals surface area contributed by atoms with E-state index in [-0.39, 0.29) is 12.3 Å². The van der Waals surface area contributed by atoms with E-state index in [1.54, 1.807) is 0 Å². The molecule has 0 heterocycles. The Bertz CT molecular complexity index is 505. The molecule has 0 fully saturated rings. The lowest BCUT2D eigenvalue weighted by atomic mass is 9.85. The molecule has 2 rings (SSSR count). The fourth-order valence-corrected chi connectivity index (χ4v) is 2.57. The highest BCUT2D eigenvalue weighted by molar-refractivity contribution is 5.18. The standard InChI is InChI=1S/C18H22O2/c1-2-17(13-15-9-5-3-6-10-15)18(19,20)14-16-11-7-4-8-12-16/h3-12,17,19-20H,2,13-14H2,1H3. The van der Waals surface area contributed by atoms with Gasteiger partial charge in [-0.25, -0.2) is 0 Å². The molecule has 0 aromatic heterocycles. The smallest absolute Gasteiger partial charge is 0.169 e. The van der Waals surface area contributed by atoms with Crippen molar-refractivity contribution in [3.63, 3.8) is 0 Å². The van der Waals surface area contributed by atoms with E-state index in [1.807, 2.05) is 67.6 Å². The summed E-state index contributed by atoms with van der Waals surface area (Å²) in [4.78, 5) is 0. The highest BCUT2D eigenvalue weighted by Crippen LogP contribution is 2.26. The molecule has 0 aliphatic carbocycles. The predicted molar refractivity (Wildman–Crippen MR) is 81.2 cm³/mol. The van der Waals surface area contributed by atoms with E-state index in [0.717, 1.165) is 17.5 Å². The van der Waals surface area contributed by atoms with Gasteiger partial charge in [0.15, 0.2) is 5.79 Å². The molecule has 0 aliphatic heterocycles. The zero-order valence-corrected chi connectivity index (χ0v) is 11.9. The molecule has 2 heteroatoms. The third-order valence-corrected chi connectivity index (χ3v) is 3.78. The van der Waals surface area contributed by atoms with Crippen molar-refractivity contribution in [3.05, 3.63) is 71.8 Å². The van der Waals surface area contributed by atoms with Crippen LogP contribution >= 0.6 is 0 Å². The molecule has 0 amide bonds. The summed E-state index contributed by atoms with van der Waals surface area (Å²) in [6.45, 7) is 2.00. The maximum Gasteiger partial charge on any atom is 0.169 e. The molecule has 106 valence electrons. The van der Waals surface area contributed by atoms with Crippen LogP contribution in [0.15, 0.2) is 60.7 Å². The summed E-state index contributed by atoms with van der Waals surface area (Å²) >= 11 is 0. The first kappa shape index (κ1) is 14.8. The van der Waals surface area contributed by atoms with Gasteiger partial charge in [0, 0.05) is 12.3 Å². The van der Waals surface area contributed by atoms with Gasteiger partial charge in [0.2, 0.25) is 0 Å². The van der Waals surface area contributed by atoms with Crippen molar-refractivity contribution in [2.24, 2.45) is 5.92 Å². The first-order valence-electron chi connectivity index (χ1n) is 7.14. The van der Waals surface area contributed by atoms with Crippen molar-refractivity contribution in [1.29, 1.82) is 0 Å². The second kappa shape index (κ2) is 6.69. The molecule has 0 radical (unpaired) electrons. The number of aliphatic hydroxyl groups is 2. The van der Waals surface area contributed by atoms with Gasteiger partial charge in [0.1, 0.15) is 0 Å². The normalized spacial score (nSPS) is 13.2. The Kier molecular flexibility index (Phi) is 4.94. The molecule has 20 heavy (non-hydrogen) atoms. The first-order chi connectivity index (χ1) is 9.62. The van der Waals surface area contributed by atoms with Gasteiger partial charge >= 0.3 is 0 Å². The highest BCUT2D eigenvalue weighted by atomic mass is 16.5. The Morgan fingerprint density at radius 3 is 1.85 bits per heavy atom. The second-order valence-electron chi connectivity index (χ2n) is 5.34. The van der Waals surface area contributed by atoms with E-state index < -0.39 is 5.79 Å². The SMILES string of the molecule is CCC(Cc1ccccc1)C(O)(O)Cc1ccccc1. The first-order valence-corrected chi connectivity index (χ1v) is 7.14. The van der Waals surface area contributed by atoms with Crippen molar-refractivity contribution in [2.45, 2.75) is 32.0 Å². The van der Waals surface area contributed by atoms with Crippen molar-refractivity contribution in [1.82, 2.24) is 0 Å². The Morgan fingerprint density at radius 2 is 1.35 bits per heavy atom. The number of benzene rings is 2. The van der Waals surface area contributed by atoms with E-state index in [2.05, 4.69) is 0 Å². The molecule has 2 aromatic carbocycles. The summed E-state index contributed by atoms with van der Waals surface area (Å²) in [6, 6.07) is 19.6. The lowest BCUT2D eigenvalue weighted by Gasteiger charge is -2.31. The Balaban J connectivity index is 2.09. The van der Waals surface area contributed by atoms with Crippen molar-refractivity contribution >= 4 is 0 Å². The van der Waals surface area contributed by atoms with Gasteiger partial charge < -0.3 is 10.2 Å². The van der Waals surface area contributed by atoms with E-state index >= 15 is 0 Å². The minimum atomic E-state index is -1.67. The summed E-state index contributed by atoms with van der Waals surface area (Å²) in [5.41, 5.74) is 2.09. The fraction of sp³-hybridized carbons (Fsp3) is 0.333. The topological polar surface area (TPSA) is 40.5 Å². The van der Waals surface area contributed by atoms with Crippen molar-refractivity contribution in [2.75, 3.05) is 0 Å². The zero-order chi connectivity index (χ0) is 14.4. The molecule has 0 saturated heterocycles. The Hall–Kier alpha value is -1.64. The molecule has 2 aromatic rings. The second-order valence-corrected chi connectivity index (χ2v) is 5.34. The van der Waals surface area contributed by atoms with Gasteiger partial charge in [-0.1, -0.05) is 67.6 Å². The van der Waals surface area contributed by atoms with Crippen molar-refractivity contribution < 1.29 is 10.2 Å². The molecule has 1 unspecified atom stereocenters. The third-order valence-electron chi connectivity index (χ3n) is 3.78. The largest absolute Gasteiger partial charge is 0.365 e. The van der Waals surface area contributed by atoms with Gasteiger partial charge in [-0.05, 0) is 24.0 Å². The maximum atomic E-state index is 10.4. The Labute approximate surface area is 120 Å². The molecule has 0 saturated carbocycles. The quantitative estimate of drug-likeness (QED) is 0.791. The van der Waals surface area contributed by atoms with Crippen LogP contribution in [-0.2, 0) is 12.8 Å². The van der Waals surface area contributed by atoms with Crippen molar-refractivity contribution in [3.8, 4) is 0 Å². The summed E-state index contributed by atoms with van der Waals surface area (Å²) < 4.78 is 0. The molecular formula is C18H22O2. The Morgan fingerprint density at radius 1 is 0.850 bits per heavy atom. The number of hydrogen-bond donors (Lipinski definition) is 2. The van der Waals surface area contributed by atoms with E-state index in [4.69, 9.17) is 0 Å². The van der Waals surface area contributed by atoms with Crippen LogP contribution in [0, 0.1) is 5.92 Å². The maximum absolute atomic E-state index is 10.4. The summed E-state index contributed by atoms with van der Waals surface area (Å²) in [6.07, 6.45) is 1.67. The fourth-order valence-electron chi connectivity index (χ4n) is 2.57. The molecular weight excluding hydrogens is 248 g/mol. The predicted octanol–water partition coefficient (Wildman–Crippen LogP) is 3.18. The van der Waals surface area contributed by atoms with E-state index in [1.165, 1.54) is 0 Å². The van der Waals surface area contributed by atoms with Gasteiger partial charge in [-0.15, -0.1) is 0 Å². The lowest BCUT2D eigenvalue weighted by molar-refractivity contribution is -0.199. The molecule has 0 bridgehead atoms. The average molecular weight is 270 g/mol. The monoisotopic (exact) mass is 270 g/mol. The van der Waals surface area contributed by atoms with Crippen LogP contribution in [0.4, 0.5) is 0 Å².